The third kappa shape index (κ3) is 5.55. The van der Waals surface area contributed by atoms with Gasteiger partial charge in [0.15, 0.2) is 0 Å². The van der Waals surface area contributed by atoms with Crippen LogP contribution < -0.4 is 11.1 Å². The van der Waals surface area contributed by atoms with E-state index in [2.05, 4.69) is 10.5 Å². The number of aliphatic hydroxyl groups excluding tert-OH is 1. The molecule has 1 amide bonds. The van der Waals surface area contributed by atoms with Gasteiger partial charge in [-0.2, -0.15) is 13.2 Å². The van der Waals surface area contributed by atoms with Gasteiger partial charge >= 0.3 is 12.1 Å². The van der Waals surface area contributed by atoms with Gasteiger partial charge in [0.05, 0.1) is 17.0 Å². The molecule has 1 aromatic carbocycles. The minimum atomic E-state index is -5.08. The van der Waals surface area contributed by atoms with Crippen molar-refractivity contribution in [2.24, 2.45) is 10.9 Å². The summed E-state index contributed by atoms with van der Waals surface area (Å²) in [6.07, 6.45) is -5.75. The van der Waals surface area contributed by atoms with Crippen LogP contribution in [0.4, 0.5) is 13.2 Å². The summed E-state index contributed by atoms with van der Waals surface area (Å²) in [6, 6.07) is 9.94. The predicted molar refractivity (Wildman–Crippen MR) is 101 cm³/mol. The number of hydrogen-bond acceptors (Lipinski definition) is 7. The number of carboxylic acids is 1. The third-order valence-electron chi connectivity index (χ3n) is 4.14. The molecular weight excluding hydrogens is 427 g/mol. The number of nitrogens with one attached hydrogen (secondary N) is 1. The SMILES string of the molecule is NC(Cc1ccccc1)C(=O)N[C@H]1c2ccsc2/C(=N/O)[C@H]1O.O=C(O)C(F)(F)F. The number of benzene rings is 1. The number of thiophene rings is 1. The second-order valence-electron chi connectivity index (χ2n) is 6.22. The van der Waals surface area contributed by atoms with E-state index in [0.717, 1.165) is 11.1 Å². The molecule has 1 unspecified atom stereocenters. The van der Waals surface area contributed by atoms with Crippen molar-refractivity contribution in [3.8, 4) is 0 Å². The van der Waals surface area contributed by atoms with E-state index in [4.69, 9.17) is 20.8 Å². The Morgan fingerprint density at radius 2 is 1.83 bits per heavy atom. The lowest BCUT2D eigenvalue weighted by molar-refractivity contribution is -0.192. The molecule has 1 heterocycles. The molecule has 1 aromatic heterocycles. The van der Waals surface area contributed by atoms with Gasteiger partial charge in [-0.25, -0.2) is 4.79 Å². The molecule has 12 heteroatoms. The normalized spacial score (nSPS) is 20.1. The summed E-state index contributed by atoms with van der Waals surface area (Å²) in [5.74, 6) is -3.11. The number of nitrogens with zero attached hydrogens (tertiary/aromatic N) is 1. The van der Waals surface area contributed by atoms with E-state index >= 15 is 0 Å². The zero-order valence-corrected chi connectivity index (χ0v) is 16.0. The summed E-state index contributed by atoms with van der Waals surface area (Å²) >= 11 is 1.36. The average Bonchev–Trinajstić information content (AvgIpc) is 3.24. The molecule has 3 rings (SSSR count). The Kier molecular flexibility index (Phi) is 7.54. The van der Waals surface area contributed by atoms with Crippen LogP contribution >= 0.6 is 11.3 Å². The second kappa shape index (κ2) is 9.69. The first-order chi connectivity index (χ1) is 14.1. The van der Waals surface area contributed by atoms with Crippen LogP contribution in [0.3, 0.4) is 0 Å². The van der Waals surface area contributed by atoms with Gasteiger partial charge in [0.1, 0.15) is 11.8 Å². The Labute approximate surface area is 172 Å². The van der Waals surface area contributed by atoms with E-state index < -0.39 is 30.3 Å². The summed E-state index contributed by atoms with van der Waals surface area (Å²) < 4.78 is 31.7. The van der Waals surface area contributed by atoms with Gasteiger partial charge in [0.2, 0.25) is 5.91 Å². The highest BCUT2D eigenvalue weighted by molar-refractivity contribution is 7.12. The molecule has 0 saturated carbocycles. The van der Waals surface area contributed by atoms with E-state index in [1.54, 1.807) is 6.07 Å². The molecule has 0 spiro atoms. The fourth-order valence-corrected chi connectivity index (χ4v) is 3.68. The summed E-state index contributed by atoms with van der Waals surface area (Å²) in [7, 11) is 0. The molecule has 0 radical (unpaired) electrons. The number of alkyl halides is 3. The Morgan fingerprint density at radius 3 is 2.37 bits per heavy atom. The number of aliphatic carboxylic acids is 1. The first kappa shape index (κ1) is 23.3. The van der Waals surface area contributed by atoms with Crippen LogP contribution in [0.5, 0.6) is 0 Å². The lowest BCUT2D eigenvalue weighted by atomic mass is 10.0. The number of carbonyl (C=O) groups excluding carboxylic acids is 1. The second-order valence-corrected chi connectivity index (χ2v) is 7.14. The van der Waals surface area contributed by atoms with E-state index in [9.17, 15) is 23.1 Å². The summed E-state index contributed by atoms with van der Waals surface area (Å²) in [5.41, 5.74) is 7.86. The maximum atomic E-state index is 12.3. The average molecular weight is 445 g/mol. The van der Waals surface area contributed by atoms with Gasteiger partial charge in [0, 0.05) is 0 Å². The number of fused-ring (bicyclic) bond motifs is 1. The van der Waals surface area contributed by atoms with Gasteiger partial charge < -0.3 is 26.5 Å². The molecule has 0 bridgehead atoms. The molecule has 30 heavy (non-hydrogen) atoms. The number of halogens is 3. The van der Waals surface area contributed by atoms with Gasteiger partial charge in [-0.1, -0.05) is 35.5 Å². The lowest BCUT2D eigenvalue weighted by Crippen LogP contribution is -2.46. The van der Waals surface area contributed by atoms with Crippen LogP contribution in [0.25, 0.3) is 0 Å². The maximum Gasteiger partial charge on any atom is 0.490 e. The van der Waals surface area contributed by atoms with Crippen molar-refractivity contribution in [3.05, 3.63) is 57.8 Å². The van der Waals surface area contributed by atoms with Gasteiger partial charge in [0.25, 0.3) is 0 Å². The van der Waals surface area contributed by atoms with Crippen LogP contribution in [0, 0.1) is 0 Å². The van der Waals surface area contributed by atoms with Crippen molar-refractivity contribution in [2.75, 3.05) is 0 Å². The van der Waals surface area contributed by atoms with Crippen molar-refractivity contribution in [1.82, 2.24) is 5.32 Å². The first-order valence-corrected chi connectivity index (χ1v) is 9.32. The van der Waals surface area contributed by atoms with Gasteiger partial charge in [-0.15, -0.1) is 11.3 Å². The number of carbonyl (C=O) groups is 2. The Bertz CT molecular complexity index is 917. The van der Waals surface area contributed by atoms with Crippen LogP contribution in [-0.4, -0.2) is 51.3 Å². The Morgan fingerprint density at radius 1 is 1.23 bits per heavy atom. The summed E-state index contributed by atoms with van der Waals surface area (Å²) in [6.45, 7) is 0. The van der Waals surface area contributed by atoms with Crippen LogP contribution in [-0.2, 0) is 16.0 Å². The van der Waals surface area contributed by atoms with Crippen molar-refractivity contribution < 1.29 is 38.2 Å². The van der Waals surface area contributed by atoms with Crippen molar-refractivity contribution in [2.45, 2.75) is 30.8 Å². The topological polar surface area (TPSA) is 145 Å². The zero-order chi connectivity index (χ0) is 22.5. The summed E-state index contributed by atoms with van der Waals surface area (Å²) in [4.78, 5) is 21.9. The summed E-state index contributed by atoms with van der Waals surface area (Å²) in [5, 5.41) is 34.1. The van der Waals surface area contributed by atoms with Crippen LogP contribution in [0.15, 0.2) is 46.9 Å². The number of nitrogens with two attached hydrogens (primary N) is 1. The van der Waals surface area contributed by atoms with E-state index in [1.807, 2.05) is 35.7 Å². The largest absolute Gasteiger partial charge is 0.490 e. The number of aliphatic hydroxyl groups is 1. The third-order valence-corrected chi connectivity index (χ3v) is 5.10. The molecule has 6 N–H and O–H groups in total. The monoisotopic (exact) mass is 445 g/mol. The zero-order valence-electron chi connectivity index (χ0n) is 15.2. The lowest BCUT2D eigenvalue weighted by Gasteiger charge is -2.20. The highest BCUT2D eigenvalue weighted by Gasteiger charge is 2.40. The highest BCUT2D eigenvalue weighted by Crippen LogP contribution is 2.35. The molecule has 162 valence electrons. The molecule has 2 aromatic rings. The fourth-order valence-electron chi connectivity index (χ4n) is 2.72. The first-order valence-electron chi connectivity index (χ1n) is 8.44. The fraction of sp³-hybridized carbons (Fsp3) is 0.278. The Balaban J connectivity index is 0.000000396. The van der Waals surface area contributed by atoms with E-state index in [1.165, 1.54) is 11.3 Å². The van der Waals surface area contributed by atoms with Gasteiger partial charge in [-0.05, 0) is 29.0 Å². The van der Waals surface area contributed by atoms with Gasteiger partial charge in [-0.3, -0.25) is 4.79 Å². The minimum absolute atomic E-state index is 0.178. The van der Waals surface area contributed by atoms with Crippen molar-refractivity contribution >= 4 is 28.9 Å². The molecule has 1 aliphatic rings. The molecule has 1 aliphatic carbocycles. The van der Waals surface area contributed by atoms with Crippen LogP contribution in [0.2, 0.25) is 0 Å². The maximum absolute atomic E-state index is 12.3. The van der Waals surface area contributed by atoms with Crippen LogP contribution in [0.1, 0.15) is 22.0 Å². The quantitative estimate of drug-likeness (QED) is 0.358. The number of hydrogen-bond donors (Lipinski definition) is 5. The standard InChI is InChI=1S/C16H17N3O3S.C2HF3O2/c17-11(8-9-4-2-1-3-5-9)16(21)18-12-10-6-7-23-15(10)13(19-22)14(12)20;3-2(4,5)1(6)7/h1-7,11-12,14,20,22H,8,17H2,(H,18,21);(H,6,7)/b19-13+;/t11?,12-,14-;/m0./s1. The predicted octanol–water partition coefficient (Wildman–Crippen LogP) is 1.66. The molecule has 0 fully saturated rings. The number of carboxylic acid groups (broad SMARTS) is 1. The molecule has 0 aliphatic heterocycles. The minimum Gasteiger partial charge on any atom is -0.475 e. The number of rotatable bonds is 4. The Hall–Kier alpha value is -2.96. The number of oxime groups is 1. The molecule has 3 atom stereocenters. The molecule has 0 saturated heterocycles. The van der Waals surface area contributed by atoms with Crippen molar-refractivity contribution in [1.29, 1.82) is 0 Å². The molecule has 8 nitrogen and oxygen atoms in total. The van der Waals surface area contributed by atoms with E-state index in [-0.39, 0.29) is 11.6 Å². The number of amides is 1. The molecular formula is C18H18F3N3O5S. The van der Waals surface area contributed by atoms with Crippen molar-refractivity contribution in [3.63, 3.8) is 0 Å². The smallest absolute Gasteiger partial charge is 0.475 e. The highest BCUT2D eigenvalue weighted by atomic mass is 32.1. The van der Waals surface area contributed by atoms with E-state index in [0.29, 0.717) is 11.3 Å².